The number of hydrogen-bond donors (Lipinski definition) is 4. The number of nitrogens with two attached hydrogens (primary N) is 1. The Morgan fingerprint density at radius 3 is 2.54 bits per heavy atom. The summed E-state index contributed by atoms with van der Waals surface area (Å²) in [6, 6.07) is 16.1. The summed E-state index contributed by atoms with van der Waals surface area (Å²) in [5, 5.41) is 25.8. The standard InChI is InChI=1S/C24H23BrClN7O3S/c25-17-6-2-3-7-20(17)33(15-27)24(28)30-19-10-9-18(26)22(23(19)34)16-5-1-4-8-21(16)37(35,36)31-32-13-11-29-12-14-32/h1-10,29,31,34H,11-14H2,(H2,28,30). The van der Waals surface area contributed by atoms with Gasteiger partial charge in [-0.25, -0.2) is 23.3 Å². The van der Waals surface area contributed by atoms with E-state index in [1.807, 2.05) is 6.19 Å². The molecule has 0 amide bonds. The van der Waals surface area contributed by atoms with Gasteiger partial charge < -0.3 is 16.2 Å². The lowest BCUT2D eigenvalue weighted by molar-refractivity contribution is 0.211. The maximum Gasteiger partial charge on any atom is 0.254 e. The molecule has 1 aliphatic heterocycles. The molecule has 0 aliphatic carbocycles. The van der Waals surface area contributed by atoms with E-state index in [9.17, 15) is 18.8 Å². The number of nitriles is 1. The minimum absolute atomic E-state index is 0.00599. The minimum Gasteiger partial charge on any atom is -0.505 e. The Hall–Kier alpha value is -3.18. The third kappa shape index (κ3) is 5.88. The first-order valence-corrected chi connectivity index (χ1v) is 13.8. The SMILES string of the molecule is N#CN(C(N)=Nc1ccc(Cl)c(-c2ccccc2S(=O)(=O)NN2CCNCC2)c1O)c1ccccc1Br. The second-order valence-corrected chi connectivity index (χ2v) is 10.9. The highest BCUT2D eigenvalue weighted by atomic mass is 79.9. The van der Waals surface area contributed by atoms with E-state index in [-0.39, 0.29) is 38.4 Å². The van der Waals surface area contributed by atoms with E-state index in [1.165, 1.54) is 18.2 Å². The summed E-state index contributed by atoms with van der Waals surface area (Å²) in [7, 11) is -4.00. The number of sulfonamides is 1. The first kappa shape index (κ1) is 26.9. The van der Waals surface area contributed by atoms with Crippen LogP contribution in [0.4, 0.5) is 11.4 Å². The number of halogens is 2. The Kier molecular flexibility index (Phi) is 8.33. The van der Waals surface area contributed by atoms with Crippen molar-refractivity contribution in [3.05, 3.63) is 70.2 Å². The van der Waals surface area contributed by atoms with Crippen LogP contribution in [-0.4, -0.2) is 50.7 Å². The van der Waals surface area contributed by atoms with Crippen molar-refractivity contribution in [3.63, 3.8) is 0 Å². The van der Waals surface area contributed by atoms with Crippen molar-refractivity contribution in [2.45, 2.75) is 4.90 Å². The zero-order chi connectivity index (χ0) is 26.6. The van der Waals surface area contributed by atoms with Crippen LogP contribution in [0.25, 0.3) is 11.1 Å². The molecule has 3 aromatic rings. The first-order chi connectivity index (χ1) is 17.7. The van der Waals surface area contributed by atoms with Gasteiger partial charge in [-0.3, -0.25) is 0 Å². The molecule has 0 bridgehead atoms. The zero-order valence-corrected chi connectivity index (χ0v) is 22.6. The van der Waals surface area contributed by atoms with Crippen LogP contribution >= 0.6 is 27.5 Å². The highest BCUT2D eigenvalue weighted by Crippen LogP contribution is 2.44. The predicted octanol–water partition coefficient (Wildman–Crippen LogP) is 3.51. The molecule has 1 heterocycles. The summed E-state index contributed by atoms with van der Waals surface area (Å²) < 4.78 is 27.2. The van der Waals surface area contributed by atoms with Gasteiger partial charge >= 0.3 is 0 Å². The molecule has 0 aromatic heterocycles. The number of nitrogens with one attached hydrogen (secondary N) is 2. The van der Waals surface area contributed by atoms with E-state index in [0.717, 1.165) is 4.90 Å². The van der Waals surface area contributed by atoms with Crippen LogP contribution in [-0.2, 0) is 10.0 Å². The topological polar surface area (TPSA) is 147 Å². The molecule has 4 rings (SSSR count). The fourth-order valence-corrected chi connectivity index (χ4v) is 5.87. The number of anilines is 1. The van der Waals surface area contributed by atoms with Gasteiger partial charge in [0.25, 0.3) is 10.0 Å². The summed E-state index contributed by atoms with van der Waals surface area (Å²) in [4.78, 5) is 7.88. The molecule has 1 aliphatic rings. The van der Waals surface area contributed by atoms with Crippen LogP contribution < -0.4 is 20.8 Å². The Labute approximate surface area is 228 Å². The normalized spacial score (nSPS) is 14.8. The van der Waals surface area contributed by atoms with Crippen LogP contribution in [0, 0.1) is 11.5 Å². The van der Waals surface area contributed by atoms with E-state index >= 15 is 0 Å². The average molecular weight is 605 g/mol. The summed E-state index contributed by atoms with van der Waals surface area (Å²) in [6.45, 7) is 2.31. The Balaban J connectivity index is 1.76. The number of para-hydroxylation sites is 1. The van der Waals surface area contributed by atoms with E-state index in [4.69, 9.17) is 17.3 Å². The fourth-order valence-electron chi connectivity index (χ4n) is 3.82. The number of hydrogen-bond acceptors (Lipinski definition) is 7. The van der Waals surface area contributed by atoms with E-state index in [2.05, 4.69) is 31.1 Å². The summed E-state index contributed by atoms with van der Waals surface area (Å²) in [5.74, 6) is -0.593. The van der Waals surface area contributed by atoms with Gasteiger partial charge in [-0.2, -0.15) is 5.26 Å². The van der Waals surface area contributed by atoms with E-state index in [0.29, 0.717) is 36.3 Å². The minimum atomic E-state index is -4.00. The van der Waals surface area contributed by atoms with Crippen LogP contribution in [0.1, 0.15) is 0 Å². The Morgan fingerprint density at radius 1 is 1.16 bits per heavy atom. The molecule has 0 atom stereocenters. The smallest absolute Gasteiger partial charge is 0.254 e. The van der Waals surface area contributed by atoms with Crippen molar-refractivity contribution in [2.24, 2.45) is 10.7 Å². The van der Waals surface area contributed by atoms with Crippen molar-refractivity contribution < 1.29 is 13.5 Å². The van der Waals surface area contributed by atoms with Gasteiger partial charge in [-0.05, 0) is 46.3 Å². The summed E-state index contributed by atoms with van der Waals surface area (Å²) in [6.07, 6.45) is 1.97. The van der Waals surface area contributed by atoms with Gasteiger partial charge in [-0.15, -0.1) is 4.83 Å². The third-order valence-electron chi connectivity index (χ3n) is 5.58. The molecule has 1 saturated heterocycles. The van der Waals surface area contributed by atoms with Crippen molar-refractivity contribution in [1.29, 1.82) is 5.26 Å². The van der Waals surface area contributed by atoms with Crippen molar-refractivity contribution in [2.75, 3.05) is 31.1 Å². The van der Waals surface area contributed by atoms with Gasteiger partial charge in [-0.1, -0.05) is 41.9 Å². The molecule has 1 fully saturated rings. The monoisotopic (exact) mass is 603 g/mol. The number of piperazine rings is 1. The van der Waals surface area contributed by atoms with E-state index in [1.54, 1.807) is 47.5 Å². The number of phenols is 1. The second-order valence-electron chi connectivity index (χ2n) is 7.97. The molecule has 3 aromatic carbocycles. The van der Waals surface area contributed by atoms with Crippen LogP contribution in [0.5, 0.6) is 5.75 Å². The number of rotatable bonds is 6. The second kappa shape index (κ2) is 11.5. The maximum absolute atomic E-state index is 13.3. The van der Waals surface area contributed by atoms with Crippen LogP contribution in [0.2, 0.25) is 5.02 Å². The third-order valence-corrected chi connectivity index (χ3v) is 7.99. The molecule has 0 unspecified atom stereocenters. The number of benzene rings is 3. The molecule has 5 N–H and O–H groups in total. The molecule has 0 saturated carbocycles. The number of aromatic hydroxyl groups is 1. The number of hydrazine groups is 1. The van der Waals surface area contributed by atoms with Gasteiger partial charge in [0, 0.05) is 41.8 Å². The number of aliphatic imine (C=N–C) groups is 1. The fraction of sp³-hybridized carbons (Fsp3) is 0.167. The van der Waals surface area contributed by atoms with E-state index < -0.39 is 10.0 Å². The lowest BCUT2D eigenvalue weighted by atomic mass is 10.0. The van der Waals surface area contributed by atoms with Crippen molar-refractivity contribution in [3.8, 4) is 23.1 Å². The number of nitrogens with zero attached hydrogens (tertiary/aromatic N) is 4. The van der Waals surface area contributed by atoms with Gasteiger partial charge in [0.15, 0.2) is 11.9 Å². The summed E-state index contributed by atoms with van der Waals surface area (Å²) in [5.41, 5.74) is 6.85. The van der Waals surface area contributed by atoms with Gasteiger partial charge in [0.05, 0.1) is 15.6 Å². The molecule has 192 valence electrons. The lowest BCUT2D eigenvalue weighted by Crippen LogP contribution is -2.52. The lowest BCUT2D eigenvalue weighted by Gasteiger charge is -2.27. The highest BCUT2D eigenvalue weighted by Gasteiger charge is 2.26. The largest absolute Gasteiger partial charge is 0.505 e. The van der Waals surface area contributed by atoms with Crippen molar-refractivity contribution >= 4 is 54.9 Å². The number of phenolic OH excluding ortho intramolecular Hbond substituents is 1. The average Bonchev–Trinajstić information content (AvgIpc) is 2.88. The Morgan fingerprint density at radius 2 is 1.84 bits per heavy atom. The van der Waals surface area contributed by atoms with Crippen molar-refractivity contribution in [1.82, 2.24) is 15.2 Å². The summed E-state index contributed by atoms with van der Waals surface area (Å²) >= 11 is 9.83. The van der Waals surface area contributed by atoms with Crippen LogP contribution in [0.3, 0.4) is 0 Å². The first-order valence-electron chi connectivity index (χ1n) is 11.1. The van der Waals surface area contributed by atoms with Gasteiger partial charge in [0.2, 0.25) is 5.96 Å². The zero-order valence-electron chi connectivity index (χ0n) is 19.4. The Bertz CT molecular complexity index is 1490. The maximum atomic E-state index is 13.3. The molecular weight excluding hydrogens is 582 g/mol. The van der Waals surface area contributed by atoms with Crippen LogP contribution in [0.15, 0.2) is 75.0 Å². The number of guanidine groups is 1. The molecular formula is C24H23BrClN7O3S. The molecule has 13 heteroatoms. The molecule has 0 spiro atoms. The molecule has 0 radical (unpaired) electrons. The highest BCUT2D eigenvalue weighted by molar-refractivity contribution is 9.10. The molecule has 10 nitrogen and oxygen atoms in total. The quantitative estimate of drug-likeness (QED) is 0.145. The molecule has 37 heavy (non-hydrogen) atoms. The predicted molar refractivity (Wildman–Crippen MR) is 147 cm³/mol. The van der Waals surface area contributed by atoms with Gasteiger partial charge in [0.1, 0.15) is 5.69 Å².